The van der Waals surface area contributed by atoms with E-state index in [1.165, 1.54) is 6.07 Å². The van der Waals surface area contributed by atoms with E-state index < -0.39 is 6.23 Å². The van der Waals surface area contributed by atoms with Crippen LogP contribution >= 0.6 is 0 Å². The average Bonchev–Trinajstić information content (AvgIpc) is 2.47. The van der Waals surface area contributed by atoms with Crippen LogP contribution in [0.2, 0.25) is 0 Å². The molecular weight excluding hydrogens is 257 g/mol. The molecule has 1 aromatic rings. The molecule has 0 bridgehead atoms. The van der Waals surface area contributed by atoms with Gasteiger partial charge in [0.25, 0.3) is 0 Å². The van der Waals surface area contributed by atoms with Gasteiger partial charge in [-0.2, -0.15) is 5.26 Å². The lowest BCUT2D eigenvalue weighted by molar-refractivity contribution is 0.00307. The van der Waals surface area contributed by atoms with Crippen molar-refractivity contribution in [3.63, 3.8) is 0 Å². The van der Waals surface area contributed by atoms with Crippen molar-refractivity contribution in [2.45, 2.75) is 12.6 Å². The van der Waals surface area contributed by atoms with Gasteiger partial charge in [-0.15, -0.1) is 6.58 Å². The van der Waals surface area contributed by atoms with Crippen LogP contribution < -0.4 is 4.90 Å². The first kappa shape index (κ1) is 14.5. The van der Waals surface area contributed by atoms with Crippen LogP contribution in [0.5, 0.6) is 0 Å². The maximum atomic E-state index is 13.9. The molecule has 0 spiro atoms. The Bertz CT molecular complexity index is 518. The number of aliphatic hydroxyl groups excluding tert-OH is 1. The molecule has 1 aromatic carbocycles. The van der Waals surface area contributed by atoms with Crippen molar-refractivity contribution in [3.8, 4) is 6.07 Å². The van der Waals surface area contributed by atoms with E-state index in [0.717, 1.165) is 0 Å². The fourth-order valence-electron chi connectivity index (χ4n) is 2.39. The van der Waals surface area contributed by atoms with Gasteiger partial charge >= 0.3 is 0 Å². The molecule has 2 rings (SSSR count). The van der Waals surface area contributed by atoms with Crippen LogP contribution in [0.1, 0.15) is 12.0 Å². The third-order valence-electron chi connectivity index (χ3n) is 3.53. The van der Waals surface area contributed by atoms with Gasteiger partial charge in [-0.3, -0.25) is 4.90 Å². The number of benzene rings is 1. The lowest BCUT2D eigenvalue weighted by Crippen LogP contribution is -2.50. The Hall–Kier alpha value is -1.90. The number of nitriles is 1. The zero-order valence-electron chi connectivity index (χ0n) is 11.3. The van der Waals surface area contributed by atoms with E-state index in [1.807, 2.05) is 15.9 Å². The molecule has 0 radical (unpaired) electrons. The third kappa shape index (κ3) is 3.16. The van der Waals surface area contributed by atoms with Crippen molar-refractivity contribution in [1.29, 1.82) is 5.26 Å². The standard InChI is InChI=1S/C15H18FN3O/c1-2-3-15(20)19-8-6-18(7-9-19)14-5-4-12(11-17)10-13(14)16/h2,4-5,10,15,20H,1,3,6-9H2. The van der Waals surface area contributed by atoms with Gasteiger partial charge in [0.15, 0.2) is 0 Å². The summed E-state index contributed by atoms with van der Waals surface area (Å²) in [7, 11) is 0. The molecule has 1 heterocycles. The Morgan fingerprint density at radius 1 is 1.40 bits per heavy atom. The summed E-state index contributed by atoms with van der Waals surface area (Å²) in [6.45, 7) is 6.26. The minimum Gasteiger partial charge on any atom is -0.378 e. The van der Waals surface area contributed by atoms with E-state index in [1.54, 1.807) is 18.2 Å². The van der Waals surface area contributed by atoms with Gasteiger partial charge in [0, 0.05) is 32.6 Å². The highest BCUT2D eigenvalue weighted by Crippen LogP contribution is 2.22. The number of aliphatic hydroxyl groups is 1. The van der Waals surface area contributed by atoms with E-state index >= 15 is 0 Å². The second-order valence-electron chi connectivity index (χ2n) is 4.81. The maximum absolute atomic E-state index is 13.9. The molecule has 1 aliphatic heterocycles. The Balaban J connectivity index is 2.00. The highest BCUT2D eigenvalue weighted by Gasteiger charge is 2.23. The second-order valence-corrected chi connectivity index (χ2v) is 4.81. The molecule has 106 valence electrons. The Morgan fingerprint density at radius 3 is 2.65 bits per heavy atom. The Kier molecular flexibility index (Phi) is 4.72. The van der Waals surface area contributed by atoms with Crippen LogP contribution in [0.3, 0.4) is 0 Å². The lowest BCUT2D eigenvalue weighted by Gasteiger charge is -2.38. The number of nitrogens with zero attached hydrogens (tertiary/aromatic N) is 3. The summed E-state index contributed by atoms with van der Waals surface area (Å²) in [5.41, 5.74) is 0.841. The lowest BCUT2D eigenvalue weighted by atomic mass is 10.1. The largest absolute Gasteiger partial charge is 0.378 e. The summed E-state index contributed by atoms with van der Waals surface area (Å²) in [6.07, 6.45) is 1.71. The van der Waals surface area contributed by atoms with Gasteiger partial charge in [-0.1, -0.05) is 6.08 Å². The molecule has 1 fully saturated rings. The highest BCUT2D eigenvalue weighted by molar-refractivity contribution is 5.51. The summed E-state index contributed by atoms with van der Waals surface area (Å²) in [5, 5.41) is 18.6. The monoisotopic (exact) mass is 275 g/mol. The fraction of sp³-hybridized carbons (Fsp3) is 0.400. The smallest absolute Gasteiger partial charge is 0.147 e. The van der Waals surface area contributed by atoms with Crippen molar-refractivity contribution in [2.24, 2.45) is 0 Å². The first-order chi connectivity index (χ1) is 9.65. The number of piperazine rings is 1. The molecule has 1 saturated heterocycles. The van der Waals surface area contributed by atoms with Crippen LogP contribution in [0.4, 0.5) is 10.1 Å². The van der Waals surface area contributed by atoms with Crippen molar-refractivity contribution in [2.75, 3.05) is 31.1 Å². The third-order valence-corrected chi connectivity index (χ3v) is 3.53. The topological polar surface area (TPSA) is 50.5 Å². The molecule has 4 nitrogen and oxygen atoms in total. The number of halogens is 1. The van der Waals surface area contributed by atoms with Gasteiger partial charge in [0.1, 0.15) is 12.0 Å². The quantitative estimate of drug-likeness (QED) is 0.850. The predicted octanol–water partition coefficient (Wildman–Crippen LogP) is 1.71. The minimum absolute atomic E-state index is 0.325. The number of hydrogen-bond donors (Lipinski definition) is 1. The van der Waals surface area contributed by atoms with E-state index in [9.17, 15) is 9.50 Å². The van der Waals surface area contributed by atoms with Crippen molar-refractivity contribution < 1.29 is 9.50 Å². The van der Waals surface area contributed by atoms with Crippen LogP contribution in [0.25, 0.3) is 0 Å². The van der Waals surface area contributed by atoms with E-state index in [-0.39, 0.29) is 5.82 Å². The highest BCUT2D eigenvalue weighted by atomic mass is 19.1. The summed E-state index contributed by atoms with van der Waals surface area (Å²) in [6, 6.07) is 6.45. The Morgan fingerprint density at radius 2 is 2.10 bits per heavy atom. The molecule has 0 aromatic heterocycles. The molecule has 0 aliphatic carbocycles. The van der Waals surface area contributed by atoms with E-state index in [4.69, 9.17) is 5.26 Å². The van der Waals surface area contributed by atoms with Gasteiger partial charge in [0.05, 0.1) is 17.3 Å². The van der Waals surface area contributed by atoms with Gasteiger partial charge in [0.2, 0.25) is 0 Å². The Labute approximate surface area is 118 Å². The predicted molar refractivity (Wildman–Crippen MR) is 75.7 cm³/mol. The molecule has 1 atom stereocenters. The molecular formula is C15H18FN3O. The molecule has 5 heteroatoms. The second kappa shape index (κ2) is 6.51. The maximum Gasteiger partial charge on any atom is 0.147 e. The van der Waals surface area contributed by atoms with Gasteiger partial charge in [-0.25, -0.2) is 4.39 Å². The number of rotatable bonds is 4. The summed E-state index contributed by atoms with van der Waals surface area (Å²) < 4.78 is 13.9. The minimum atomic E-state index is -0.513. The molecule has 20 heavy (non-hydrogen) atoms. The first-order valence-corrected chi connectivity index (χ1v) is 6.63. The van der Waals surface area contributed by atoms with Crippen molar-refractivity contribution >= 4 is 5.69 Å². The van der Waals surface area contributed by atoms with Crippen molar-refractivity contribution in [3.05, 3.63) is 42.2 Å². The number of anilines is 1. The van der Waals surface area contributed by atoms with Gasteiger partial charge < -0.3 is 10.0 Å². The SMILES string of the molecule is C=CCC(O)N1CCN(c2ccc(C#N)cc2F)CC1. The van der Waals surface area contributed by atoms with Crippen molar-refractivity contribution in [1.82, 2.24) is 4.90 Å². The number of hydrogen-bond acceptors (Lipinski definition) is 4. The van der Waals surface area contributed by atoms with Crippen LogP contribution in [0, 0.1) is 17.1 Å². The summed E-state index contributed by atoms with van der Waals surface area (Å²) in [4.78, 5) is 3.90. The molecule has 1 unspecified atom stereocenters. The molecule has 1 N–H and O–H groups in total. The molecule has 0 saturated carbocycles. The van der Waals surface area contributed by atoms with Gasteiger partial charge in [-0.05, 0) is 18.2 Å². The fourth-order valence-corrected chi connectivity index (χ4v) is 2.39. The molecule has 1 aliphatic rings. The van der Waals surface area contributed by atoms with E-state index in [0.29, 0.717) is 43.9 Å². The summed E-state index contributed by atoms with van der Waals surface area (Å²) in [5.74, 6) is -0.371. The zero-order valence-corrected chi connectivity index (χ0v) is 11.3. The first-order valence-electron chi connectivity index (χ1n) is 6.63. The van der Waals surface area contributed by atoms with Crippen LogP contribution in [-0.2, 0) is 0 Å². The molecule has 0 amide bonds. The van der Waals surface area contributed by atoms with Crippen LogP contribution in [-0.4, -0.2) is 42.4 Å². The average molecular weight is 275 g/mol. The zero-order chi connectivity index (χ0) is 14.5. The van der Waals surface area contributed by atoms with Crippen LogP contribution in [0.15, 0.2) is 30.9 Å². The normalized spacial score (nSPS) is 17.6. The summed E-state index contributed by atoms with van der Waals surface area (Å²) >= 11 is 0. The van der Waals surface area contributed by atoms with E-state index in [2.05, 4.69) is 6.58 Å².